The maximum Gasteiger partial charge on any atom is 0.418 e. The van der Waals surface area contributed by atoms with Crippen LogP contribution < -0.4 is 4.74 Å². The van der Waals surface area contributed by atoms with Crippen LogP contribution in [0.1, 0.15) is 41.3 Å². The van der Waals surface area contributed by atoms with Crippen molar-refractivity contribution in [1.29, 1.82) is 0 Å². The molecule has 1 atom stereocenters. The van der Waals surface area contributed by atoms with Gasteiger partial charge in [0.2, 0.25) is 0 Å². The maximum absolute atomic E-state index is 14.1. The van der Waals surface area contributed by atoms with Crippen LogP contribution in [-0.2, 0) is 6.18 Å². The van der Waals surface area contributed by atoms with Gasteiger partial charge in [-0.15, -0.1) is 0 Å². The number of rotatable bonds is 8. The number of methoxy groups -OCH3 is 1. The number of aromatic amines is 1. The molecule has 0 amide bonds. The Morgan fingerprint density at radius 2 is 1.79 bits per heavy atom. The van der Waals surface area contributed by atoms with E-state index in [9.17, 15) is 13.2 Å². The number of alkyl halides is 3. The largest absolute Gasteiger partial charge is 0.496 e. The zero-order valence-corrected chi connectivity index (χ0v) is 23.7. The lowest BCUT2D eigenvalue weighted by Gasteiger charge is -2.32. The van der Waals surface area contributed by atoms with E-state index in [1.807, 2.05) is 25.1 Å². The lowest BCUT2D eigenvalue weighted by molar-refractivity contribution is -0.137. The average molecular weight is 589 g/mol. The number of nitrogens with one attached hydrogen (secondary N) is 1. The number of benzene rings is 2. The van der Waals surface area contributed by atoms with Gasteiger partial charge in [0.1, 0.15) is 11.6 Å². The normalized spacial score (nSPS) is 16.1. The van der Waals surface area contributed by atoms with Gasteiger partial charge in [-0.25, -0.2) is 0 Å². The molecule has 1 aromatic heterocycles. The van der Waals surface area contributed by atoms with E-state index in [0.717, 1.165) is 56.3 Å². The van der Waals surface area contributed by atoms with Crippen molar-refractivity contribution in [2.45, 2.75) is 31.9 Å². The van der Waals surface area contributed by atoms with E-state index in [1.54, 1.807) is 7.11 Å². The van der Waals surface area contributed by atoms with Crippen LogP contribution in [0.4, 0.5) is 13.2 Å². The molecule has 4 rings (SSSR count). The molecule has 2 heterocycles. The van der Waals surface area contributed by atoms with E-state index in [2.05, 4.69) is 27.0 Å². The van der Waals surface area contributed by atoms with Gasteiger partial charge < -0.3 is 14.5 Å². The molecular weight excluding hydrogens is 558 g/mol. The molecule has 1 aliphatic rings. The Morgan fingerprint density at radius 3 is 2.45 bits per heavy atom. The Kier molecular flexibility index (Phi) is 9.09. The van der Waals surface area contributed by atoms with Gasteiger partial charge in [-0.1, -0.05) is 35.3 Å². The fourth-order valence-electron chi connectivity index (χ4n) is 4.81. The second kappa shape index (κ2) is 12.0. The van der Waals surface area contributed by atoms with Crippen LogP contribution in [0.2, 0.25) is 10.0 Å². The first kappa shape index (κ1) is 28.9. The van der Waals surface area contributed by atoms with Crippen LogP contribution >= 0.6 is 35.4 Å². The Morgan fingerprint density at radius 1 is 1.11 bits per heavy atom. The minimum absolute atomic E-state index is 0.00709. The average Bonchev–Trinajstić information content (AvgIpc) is 3.25. The lowest BCUT2D eigenvalue weighted by Crippen LogP contribution is -2.44. The summed E-state index contributed by atoms with van der Waals surface area (Å²) in [4.78, 5) is 4.70. The summed E-state index contributed by atoms with van der Waals surface area (Å²) in [5.74, 6) is 0.696. The molecule has 0 bridgehead atoms. The first-order valence-corrected chi connectivity index (χ1v) is 13.5. The zero-order chi connectivity index (χ0) is 27.6. The Bertz CT molecular complexity index is 1340. The number of H-pyrrole nitrogens is 1. The molecule has 12 heteroatoms. The fourth-order valence-corrected chi connectivity index (χ4v) is 5.37. The molecule has 0 radical (unpaired) electrons. The topological polar surface area (TPSA) is 49.3 Å². The molecule has 38 heavy (non-hydrogen) atoms. The molecule has 1 N–H and O–H groups in total. The van der Waals surface area contributed by atoms with Gasteiger partial charge in [0.05, 0.1) is 28.4 Å². The molecule has 0 aliphatic carbocycles. The molecule has 206 valence electrons. The third-order valence-electron chi connectivity index (χ3n) is 6.99. The van der Waals surface area contributed by atoms with Gasteiger partial charge in [0.25, 0.3) is 0 Å². The number of likely N-dealkylation sites (N-methyl/N-ethyl adjacent to an activating group) is 1. The number of piperazine rings is 1. The highest BCUT2D eigenvalue weighted by molar-refractivity contribution is 7.71. The van der Waals surface area contributed by atoms with E-state index in [4.69, 9.17) is 40.2 Å². The standard InChI is InChI=1S/C26H30Cl2F3N5OS/c1-16-6-7-17(13-23(16)37-3)18(5-4-8-35-11-9-34(2)10-12-35)24-32-33-25(38)36(24)22-15-21(28)20(27)14-19(22)26(29,30)31/h6-7,13-15,18H,4-5,8-12H2,1-3H3,(H,33,38). The maximum atomic E-state index is 14.1. The summed E-state index contributed by atoms with van der Waals surface area (Å²) >= 11 is 17.6. The van der Waals surface area contributed by atoms with Crippen LogP contribution in [0.5, 0.6) is 5.75 Å². The second-order valence-electron chi connectivity index (χ2n) is 9.57. The number of hydrogen-bond acceptors (Lipinski definition) is 5. The highest BCUT2D eigenvalue weighted by atomic mass is 35.5. The number of aryl methyl sites for hydroxylation is 1. The molecule has 1 aliphatic heterocycles. The van der Waals surface area contributed by atoms with E-state index in [-0.39, 0.29) is 26.4 Å². The van der Waals surface area contributed by atoms with Gasteiger partial charge in [-0.3, -0.25) is 9.67 Å². The van der Waals surface area contributed by atoms with Crippen LogP contribution in [0, 0.1) is 11.7 Å². The van der Waals surface area contributed by atoms with Crippen molar-refractivity contribution in [2.75, 3.05) is 46.9 Å². The quantitative estimate of drug-likeness (QED) is 0.296. The summed E-state index contributed by atoms with van der Waals surface area (Å²) < 4.78 is 49.2. The highest BCUT2D eigenvalue weighted by Crippen LogP contribution is 2.40. The van der Waals surface area contributed by atoms with Gasteiger partial charge in [-0.2, -0.15) is 18.3 Å². The molecular formula is C26H30Cl2F3N5OS. The summed E-state index contributed by atoms with van der Waals surface area (Å²) in [5.41, 5.74) is 0.664. The molecule has 1 saturated heterocycles. The monoisotopic (exact) mass is 587 g/mol. The summed E-state index contributed by atoms with van der Waals surface area (Å²) in [6, 6.07) is 7.83. The van der Waals surface area contributed by atoms with Crippen LogP contribution in [0.25, 0.3) is 5.69 Å². The third-order valence-corrected chi connectivity index (χ3v) is 7.99. The highest BCUT2D eigenvalue weighted by Gasteiger charge is 2.36. The SMILES string of the molecule is COc1cc(C(CCCN2CCN(C)CC2)c2n[nH]c(=S)n2-c2cc(Cl)c(Cl)cc2C(F)(F)F)ccc1C. The first-order valence-electron chi connectivity index (χ1n) is 12.3. The molecule has 1 fully saturated rings. The number of ether oxygens (including phenoxy) is 1. The minimum atomic E-state index is -4.68. The van der Waals surface area contributed by atoms with Crippen LogP contribution in [0.15, 0.2) is 30.3 Å². The van der Waals surface area contributed by atoms with Crippen molar-refractivity contribution in [3.63, 3.8) is 0 Å². The Balaban J connectivity index is 1.78. The molecule has 0 spiro atoms. The zero-order valence-electron chi connectivity index (χ0n) is 21.4. The van der Waals surface area contributed by atoms with E-state index >= 15 is 0 Å². The Labute approximate surface area is 235 Å². The molecule has 1 unspecified atom stereocenters. The summed E-state index contributed by atoms with van der Waals surface area (Å²) in [5, 5.41) is 6.95. The van der Waals surface area contributed by atoms with Crippen molar-refractivity contribution < 1.29 is 17.9 Å². The van der Waals surface area contributed by atoms with Crippen LogP contribution in [0.3, 0.4) is 0 Å². The number of hydrogen-bond donors (Lipinski definition) is 1. The van der Waals surface area contributed by atoms with Gasteiger partial charge in [0.15, 0.2) is 4.77 Å². The van der Waals surface area contributed by atoms with Gasteiger partial charge in [0, 0.05) is 32.1 Å². The van der Waals surface area contributed by atoms with Crippen molar-refractivity contribution in [1.82, 2.24) is 24.6 Å². The van der Waals surface area contributed by atoms with E-state index in [1.165, 1.54) is 10.6 Å². The minimum Gasteiger partial charge on any atom is -0.496 e. The smallest absolute Gasteiger partial charge is 0.418 e. The molecule has 6 nitrogen and oxygen atoms in total. The van der Waals surface area contributed by atoms with Crippen molar-refractivity contribution >= 4 is 35.4 Å². The van der Waals surface area contributed by atoms with Gasteiger partial charge >= 0.3 is 6.18 Å². The molecule has 3 aromatic rings. The summed E-state index contributed by atoms with van der Waals surface area (Å²) in [6.45, 7) is 6.79. The van der Waals surface area contributed by atoms with E-state index < -0.39 is 11.7 Å². The van der Waals surface area contributed by atoms with Crippen LogP contribution in [-0.4, -0.2) is 71.4 Å². The number of aromatic nitrogens is 3. The second-order valence-corrected chi connectivity index (χ2v) is 10.8. The summed E-state index contributed by atoms with van der Waals surface area (Å²) in [7, 11) is 3.70. The van der Waals surface area contributed by atoms with Crippen molar-refractivity contribution in [3.05, 3.63) is 67.7 Å². The lowest BCUT2D eigenvalue weighted by atomic mass is 9.91. The van der Waals surface area contributed by atoms with Crippen molar-refractivity contribution in [3.8, 4) is 11.4 Å². The summed E-state index contributed by atoms with van der Waals surface area (Å²) in [6.07, 6.45) is -3.23. The molecule has 0 saturated carbocycles. The fraction of sp³-hybridized carbons (Fsp3) is 0.462. The number of nitrogens with zero attached hydrogens (tertiary/aromatic N) is 4. The Hall–Kier alpha value is -2.11. The van der Waals surface area contributed by atoms with Crippen molar-refractivity contribution in [2.24, 2.45) is 0 Å². The van der Waals surface area contributed by atoms with E-state index in [0.29, 0.717) is 18.0 Å². The van der Waals surface area contributed by atoms with Gasteiger partial charge in [-0.05, 0) is 74.9 Å². The molecule has 2 aromatic carbocycles. The number of halogens is 5. The predicted molar refractivity (Wildman–Crippen MR) is 147 cm³/mol. The third kappa shape index (κ3) is 6.37. The first-order chi connectivity index (χ1) is 18.0. The predicted octanol–water partition coefficient (Wildman–Crippen LogP) is 6.73.